The van der Waals surface area contributed by atoms with E-state index in [0.717, 1.165) is 12.2 Å². The maximum atomic E-state index is 10.8. The van der Waals surface area contributed by atoms with Crippen molar-refractivity contribution in [1.82, 2.24) is 0 Å². The normalized spacial score (nSPS) is 23.2. The Morgan fingerprint density at radius 2 is 1.69 bits per heavy atom. The van der Waals surface area contributed by atoms with Crippen LogP contribution in [0.5, 0.6) is 0 Å². The van der Waals surface area contributed by atoms with Crippen molar-refractivity contribution in [3.63, 3.8) is 0 Å². The van der Waals surface area contributed by atoms with Gasteiger partial charge in [0.15, 0.2) is 0 Å². The van der Waals surface area contributed by atoms with Gasteiger partial charge in [-0.05, 0) is 6.08 Å². The summed E-state index contributed by atoms with van der Waals surface area (Å²) in [5.74, 6) is 0. The smallest absolute Gasteiger partial charge is 0.211 e. The van der Waals surface area contributed by atoms with Crippen molar-refractivity contribution in [3.8, 4) is 0 Å². The summed E-state index contributed by atoms with van der Waals surface area (Å²) in [5, 5.41) is -1.36. The van der Waals surface area contributed by atoms with Crippen LogP contribution in [0.2, 0.25) is 0 Å². The molecule has 0 bridgehead atoms. The zero-order valence-corrected chi connectivity index (χ0v) is 9.16. The van der Waals surface area contributed by atoms with Crippen molar-refractivity contribution in [3.05, 3.63) is 23.1 Å². The van der Waals surface area contributed by atoms with Crippen LogP contribution in [0.3, 0.4) is 0 Å². The Kier molecular flexibility index (Phi) is 2.78. The first kappa shape index (κ1) is 11.0. The van der Waals surface area contributed by atoms with Gasteiger partial charge in [-0.25, -0.2) is 16.8 Å². The molecule has 0 aromatic carbocycles. The van der Waals surface area contributed by atoms with E-state index in [1.54, 1.807) is 0 Å². The molecule has 0 aromatic rings. The topological polar surface area (TPSA) is 68.3 Å². The van der Waals surface area contributed by atoms with E-state index in [9.17, 15) is 16.8 Å². The Hall–Kier alpha value is -0.0400. The minimum absolute atomic E-state index is 0.413. The Morgan fingerprint density at radius 1 is 1.15 bits per heavy atom. The van der Waals surface area contributed by atoms with E-state index in [-0.39, 0.29) is 0 Å². The van der Waals surface area contributed by atoms with Crippen molar-refractivity contribution >= 4 is 39.5 Å². The second-order valence-corrected chi connectivity index (χ2v) is 7.60. The summed E-state index contributed by atoms with van der Waals surface area (Å²) in [4.78, 5) is -0.413. The van der Waals surface area contributed by atoms with Crippen molar-refractivity contribution in [2.45, 2.75) is 5.25 Å². The molecule has 0 saturated carbocycles. The van der Waals surface area contributed by atoms with Gasteiger partial charge in [0.05, 0.1) is 4.91 Å². The lowest BCUT2D eigenvalue weighted by atomic mass is 10.5. The van der Waals surface area contributed by atoms with Crippen LogP contribution >= 0.6 is 21.4 Å². The molecule has 0 saturated heterocycles. The van der Waals surface area contributed by atoms with E-state index in [4.69, 9.17) is 21.4 Å². The molecule has 74 valence electrons. The SMILES string of the molecule is O=S(=O)(Cl)C1=CC=CC1S(=O)(=O)Cl. The molecule has 13 heavy (non-hydrogen) atoms. The fraction of sp³-hybridized carbons (Fsp3) is 0.200. The van der Waals surface area contributed by atoms with Gasteiger partial charge in [0.25, 0.3) is 9.05 Å². The van der Waals surface area contributed by atoms with E-state index in [0.29, 0.717) is 0 Å². The number of hydrogen-bond donors (Lipinski definition) is 0. The lowest BCUT2D eigenvalue weighted by Crippen LogP contribution is -2.17. The number of allylic oxidation sites excluding steroid dienone is 2. The first-order valence-electron chi connectivity index (χ1n) is 2.99. The molecular weight excluding hydrogens is 259 g/mol. The van der Waals surface area contributed by atoms with Crippen molar-refractivity contribution in [2.75, 3.05) is 0 Å². The molecule has 1 atom stereocenters. The first-order chi connectivity index (χ1) is 5.73. The maximum absolute atomic E-state index is 10.8. The molecule has 0 N–H and O–H groups in total. The van der Waals surface area contributed by atoms with Gasteiger partial charge in [-0.3, -0.25) is 0 Å². The molecule has 0 aliphatic heterocycles. The molecule has 0 radical (unpaired) electrons. The molecule has 1 aliphatic carbocycles. The largest absolute Gasteiger partial charge is 0.259 e. The summed E-state index contributed by atoms with van der Waals surface area (Å²) in [7, 11) is 1.97. The molecule has 0 spiro atoms. The van der Waals surface area contributed by atoms with Gasteiger partial charge in [-0.2, -0.15) is 0 Å². The molecule has 1 rings (SSSR count). The fourth-order valence-electron chi connectivity index (χ4n) is 0.894. The van der Waals surface area contributed by atoms with Gasteiger partial charge in [0, 0.05) is 21.4 Å². The summed E-state index contributed by atoms with van der Waals surface area (Å²) < 4.78 is 43.3. The van der Waals surface area contributed by atoms with Gasteiger partial charge in [0.2, 0.25) is 9.05 Å². The third kappa shape index (κ3) is 2.46. The summed E-state index contributed by atoms with van der Waals surface area (Å²) in [5.41, 5.74) is 0. The average molecular weight is 263 g/mol. The monoisotopic (exact) mass is 262 g/mol. The fourth-order valence-corrected chi connectivity index (χ4v) is 4.11. The van der Waals surface area contributed by atoms with Crippen LogP contribution in [0.4, 0.5) is 0 Å². The van der Waals surface area contributed by atoms with Crippen LogP contribution < -0.4 is 0 Å². The van der Waals surface area contributed by atoms with Crippen LogP contribution in [0.15, 0.2) is 23.1 Å². The van der Waals surface area contributed by atoms with Crippen LogP contribution in [0.25, 0.3) is 0 Å². The van der Waals surface area contributed by atoms with E-state index in [1.165, 1.54) is 6.08 Å². The molecule has 1 aliphatic rings. The molecular formula is C5H4Cl2O4S2. The highest BCUT2D eigenvalue weighted by Crippen LogP contribution is 2.28. The van der Waals surface area contributed by atoms with Crippen LogP contribution in [0.1, 0.15) is 0 Å². The predicted molar refractivity (Wildman–Crippen MR) is 50.6 cm³/mol. The third-order valence-electron chi connectivity index (χ3n) is 1.41. The molecule has 0 amide bonds. The Bertz CT molecular complexity index is 471. The highest BCUT2D eigenvalue weighted by molar-refractivity contribution is 8.19. The quantitative estimate of drug-likeness (QED) is 0.695. The number of halogens is 2. The number of rotatable bonds is 2. The summed E-state index contributed by atoms with van der Waals surface area (Å²) in [6.07, 6.45) is 3.53. The summed E-state index contributed by atoms with van der Waals surface area (Å²) in [6, 6.07) is 0. The third-order valence-corrected chi connectivity index (χ3v) is 4.64. The average Bonchev–Trinajstić information content (AvgIpc) is 2.27. The molecule has 4 nitrogen and oxygen atoms in total. The molecule has 8 heteroatoms. The zero-order valence-electron chi connectivity index (χ0n) is 6.01. The molecule has 0 aromatic heterocycles. The van der Waals surface area contributed by atoms with Crippen LogP contribution in [-0.4, -0.2) is 22.1 Å². The Morgan fingerprint density at radius 3 is 2.00 bits per heavy atom. The van der Waals surface area contributed by atoms with Crippen molar-refractivity contribution in [2.24, 2.45) is 0 Å². The highest BCUT2D eigenvalue weighted by Gasteiger charge is 2.34. The summed E-state index contributed by atoms with van der Waals surface area (Å²) >= 11 is 0. The first-order valence-corrected chi connectivity index (χ1v) is 7.67. The second-order valence-electron chi connectivity index (χ2n) is 2.29. The lowest BCUT2D eigenvalue weighted by molar-refractivity contribution is 0.602. The van der Waals surface area contributed by atoms with Gasteiger partial charge >= 0.3 is 0 Å². The molecule has 0 fully saturated rings. The minimum Gasteiger partial charge on any atom is -0.211 e. The predicted octanol–water partition coefficient (Wildman–Crippen LogP) is 0.946. The second kappa shape index (κ2) is 3.27. The van der Waals surface area contributed by atoms with Crippen molar-refractivity contribution < 1.29 is 16.8 Å². The zero-order chi connectivity index (χ0) is 10.3. The Balaban J connectivity index is 3.22. The molecule has 0 heterocycles. The maximum Gasteiger partial charge on any atom is 0.259 e. The lowest BCUT2D eigenvalue weighted by Gasteiger charge is -2.05. The van der Waals surface area contributed by atoms with E-state index >= 15 is 0 Å². The Labute approximate surface area is 84.7 Å². The van der Waals surface area contributed by atoms with Gasteiger partial charge in [-0.1, -0.05) is 12.2 Å². The molecule has 1 unspecified atom stereocenters. The van der Waals surface area contributed by atoms with E-state index < -0.39 is 28.3 Å². The van der Waals surface area contributed by atoms with Crippen LogP contribution in [0, 0.1) is 0 Å². The minimum atomic E-state index is -4.03. The van der Waals surface area contributed by atoms with E-state index in [1.807, 2.05) is 0 Å². The van der Waals surface area contributed by atoms with Crippen LogP contribution in [-0.2, 0) is 18.1 Å². The van der Waals surface area contributed by atoms with Gasteiger partial charge < -0.3 is 0 Å². The highest BCUT2D eigenvalue weighted by atomic mass is 35.7. The standard InChI is InChI=1S/C5H4Cl2O4S2/c6-12(8,9)4-2-1-3-5(4)13(7,10)11/h1-4H. The van der Waals surface area contributed by atoms with Crippen molar-refractivity contribution in [1.29, 1.82) is 0 Å². The summed E-state index contributed by atoms with van der Waals surface area (Å²) in [6.45, 7) is 0. The van der Waals surface area contributed by atoms with Gasteiger partial charge in [0.1, 0.15) is 5.25 Å². The van der Waals surface area contributed by atoms with Gasteiger partial charge in [-0.15, -0.1) is 0 Å². The van der Waals surface area contributed by atoms with E-state index in [2.05, 4.69) is 0 Å². The number of hydrogen-bond acceptors (Lipinski definition) is 4.